The van der Waals surface area contributed by atoms with E-state index in [9.17, 15) is 9.18 Å². The third kappa shape index (κ3) is 4.52. The molecule has 0 radical (unpaired) electrons. The summed E-state index contributed by atoms with van der Waals surface area (Å²) in [5.41, 5.74) is 1.33. The van der Waals surface area contributed by atoms with E-state index in [1.807, 2.05) is 19.1 Å². The Labute approximate surface area is 152 Å². The number of methoxy groups -OCH3 is 1. The van der Waals surface area contributed by atoms with E-state index in [1.165, 1.54) is 18.2 Å². The topological polar surface area (TPSA) is 59.6 Å². The number of hydrogen-bond donors (Lipinski definition) is 2. The smallest absolute Gasteiger partial charge is 0.226 e. The zero-order valence-electron chi connectivity index (χ0n) is 15.0. The molecule has 0 spiro atoms. The van der Waals surface area contributed by atoms with Crippen LogP contribution < -0.4 is 20.1 Å². The van der Waals surface area contributed by atoms with Crippen molar-refractivity contribution >= 4 is 11.6 Å². The first kappa shape index (κ1) is 18.2. The van der Waals surface area contributed by atoms with Gasteiger partial charge < -0.3 is 20.1 Å². The van der Waals surface area contributed by atoms with Gasteiger partial charge >= 0.3 is 0 Å². The molecule has 1 unspecified atom stereocenters. The number of halogens is 1. The first-order valence-electron chi connectivity index (χ1n) is 8.70. The summed E-state index contributed by atoms with van der Waals surface area (Å²) in [5, 5.41) is 6.04. The third-order valence-corrected chi connectivity index (χ3v) is 4.35. The summed E-state index contributed by atoms with van der Waals surface area (Å²) in [6.07, 6.45) is 2.39. The van der Waals surface area contributed by atoms with Crippen LogP contribution in [0.5, 0.6) is 17.2 Å². The second-order valence-electron chi connectivity index (χ2n) is 6.44. The summed E-state index contributed by atoms with van der Waals surface area (Å²) in [7, 11) is 1.56. The van der Waals surface area contributed by atoms with Gasteiger partial charge in [0.2, 0.25) is 5.91 Å². The molecule has 0 bridgehead atoms. The lowest BCUT2D eigenvalue weighted by atomic mass is 10.1. The molecule has 1 heterocycles. The minimum atomic E-state index is -0.442. The Bertz CT molecular complexity index is 789. The second kappa shape index (κ2) is 8.19. The van der Waals surface area contributed by atoms with Crippen molar-refractivity contribution in [1.82, 2.24) is 5.32 Å². The average Bonchev–Trinajstić information content (AvgIpc) is 3.11. The molecular weight excluding hydrogens is 335 g/mol. The van der Waals surface area contributed by atoms with E-state index in [1.54, 1.807) is 13.2 Å². The minimum Gasteiger partial charge on any atom is -0.493 e. The van der Waals surface area contributed by atoms with Crippen molar-refractivity contribution in [2.24, 2.45) is 0 Å². The number of nitrogens with one attached hydrogen (secondary N) is 2. The summed E-state index contributed by atoms with van der Waals surface area (Å²) in [5.74, 6) is 0.818. The first-order chi connectivity index (χ1) is 12.5. The Morgan fingerprint density at radius 1 is 1.23 bits per heavy atom. The van der Waals surface area contributed by atoms with Crippen LogP contribution in [0, 0.1) is 12.7 Å². The highest BCUT2D eigenvalue weighted by Crippen LogP contribution is 2.36. The largest absolute Gasteiger partial charge is 0.493 e. The lowest BCUT2D eigenvalue weighted by molar-refractivity contribution is -0.116. The molecule has 5 nitrogen and oxygen atoms in total. The molecule has 3 rings (SSSR count). The van der Waals surface area contributed by atoms with Gasteiger partial charge in [0.1, 0.15) is 5.82 Å². The Morgan fingerprint density at radius 2 is 2.04 bits per heavy atom. The van der Waals surface area contributed by atoms with Crippen molar-refractivity contribution in [3.8, 4) is 17.2 Å². The molecule has 0 aromatic heterocycles. The highest BCUT2D eigenvalue weighted by Gasteiger charge is 2.19. The number of carbonyl (C=O) groups is 1. The maximum absolute atomic E-state index is 13.7. The van der Waals surface area contributed by atoms with Crippen LogP contribution in [0.25, 0.3) is 0 Å². The first-order valence-corrected chi connectivity index (χ1v) is 8.70. The number of anilines is 1. The monoisotopic (exact) mass is 358 g/mol. The quantitative estimate of drug-likeness (QED) is 0.819. The normalized spacial score (nSPS) is 16.3. The molecule has 1 aliphatic rings. The number of aryl methyl sites for hydroxylation is 1. The van der Waals surface area contributed by atoms with E-state index < -0.39 is 5.82 Å². The Hall–Kier alpha value is -2.60. The van der Waals surface area contributed by atoms with Gasteiger partial charge in [-0.1, -0.05) is 6.07 Å². The van der Waals surface area contributed by atoms with Gasteiger partial charge in [-0.15, -0.1) is 0 Å². The van der Waals surface area contributed by atoms with E-state index in [0.717, 1.165) is 24.9 Å². The van der Waals surface area contributed by atoms with Gasteiger partial charge in [0.15, 0.2) is 17.2 Å². The molecule has 138 valence electrons. The molecule has 1 saturated heterocycles. The maximum atomic E-state index is 13.7. The van der Waals surface area contributed by atoms with Crippen LogP contribution in [-0.4, -0.2) is 25.6 Å². The van der Waals surface area contributed by atoms with Crippen LogP contribution in [0.3, 0.4) is 0 Å². The zero-order chi connectivity index (χ0) is 18.5. The van der Waals surface area contributed by atoms with E-state index in [2.05, 4.69) is 10.6 Å². The molecule has 1 fully saturated rings. The molecule has 1 aliphatic heterocycles. The van der Waals surface area contributed by atoms with Crippen LogP contribution in [0.15, 0.2) is 36.4 Å². The lowest BCUT2D eigenvalue weighted by Gasteiger charge is -2.16. The molecule has 0 saturated carbocycles. The van der Waals surface area contributed by atoms with Crippen LogP contribution in [0.2, 0.25) is 0 Å². The molecule has 2 aromatic carbocycles. The van der Waals surface area contributed by atoms with Crippen molar-refractivity contribution in [2.45, 2.75) is 32.2 Å². The van der Waals surface area contributed by atoms with Crippen LogP contribution >= 0.6 is 0 Å². The Morgan fingerprint density at radius 3 is 2.77 bits per heavy atom. The third-order valence-electron chi connectivity index (χ3n) is 4.35. The molecule has 26 heavy (non-hydrogen) atoms. The number of ether oxygens (including phenoxy) is 2. The summed E-state index contributed by atoms with van der Waals surface area (Å²) >= 11 is 0. The van der Waals surface area contributed by atoms with E-state index >= 15 is 0 Å². The number of amides is 1. The van der Waals surface area contributed by atoms with Gasteiger partial charge in [-0.3, -0.25) is 4.79 Å². The summed E-state index contributed by atoms with van der Waals surface area (Å²) in [4.78, 5) is 12.3. The Kier molecular flexibility index (Phi) is 5.73. The Balaban J connectivity index is 1.78. The van der Waals surface area contributed by atoms with Crippen molar-refractivity contribution < 1.29 is 18.7 Å². The number of hydrogen-bond acceptors (Lipinski definition) is 4. The van der Waals surface area contributed by atoms with Crippen LogP contribution in [0.4, 0.5) is 10.1 Å². The van der Waals surface area contributed by atoms with Crippen LogP contribution in [-0.2, 0) is 4.79 Å². The van der Waals surface area contributed by atoms with Gasteiger partial charge in [0, 0.05) is 18.5 Å². The molecule has 1 atom stereocenters. The van der Waals surface area contributed by atoms with E-state index in [0.29, 0.717) is 29.4 Å². The van der Waals surface area contributed by atoms with Gasteiger partial charge in [-0.2, -0.15) is 0 Å². The molecule has 0 aliphatic carbocycles. The summed E-state index contributed by atoms with van der Waals surface area (Å²) in [6.45, 7) is 2.88. The number of benzene rings is 2. The molecule has 2 aromatic rings. The number of rotatable bonds is 6. The fraction of sp³-hybridized carbons (Fsp3) is 0.350. The predicted molar refractivity (Wildman–Crippen MR) is 98.5 cm³/mol. The highest BCUT2D eigenvalue weighted by atomic mass is 19.1. The standard InChI is InChI=1S/C20H23FN2O3/c1-13-5-7-18(19(10-13)25-2)26-17-8-6-14(21)11-16(17)23-20(24)12-15-4-3-9-22-15/h5-8,10-11,15,22H,3-4,9,12H2,1-2H3,(H,23,24). The average molecular weight is 358 g/mol. The van der Waals surface area contributed by atoms with Gasteiger partial charge in [0.25, 0.3) is 0 Å². The predicted octanol–water partition coefficient (Wildman–Crippen LogP) is 4.02. The van der Waals surface area contributed by atoms with Crippen molar-refractivity contribution in [1.29, 1.82) is 0 Å². The van der Waals surface area contributed by atoms with E-state index in [-0.39, 0.29) is 11.9 Å². The van der Waals surface area contributed by atoms with Crippen molar-refractivity contribution in [3.05, 3.63) is 47.8 Å². The van der Waals surface area contributed by atoms with Crippen molar-refractivity contribution in [2.75, 3.05) is 19.0 Å². The fourth-order valence-corrected chi connectivity index (χ4v) is 3.02. The highest BCUT2D eigenvalue weighted by molar-refractivity contribution is 5.92. The number of carbonyl (C=O) groups excluding carboxylic acids is 1. The lowest BCUT2D eigenvalue weighted by Crippen LogP contribution is -2.27. The molecule has 1 amide bonds. The van der Waals surface area contributed by atoms with Gasteiger partial charge in [-0.05, 0) is 56.1 Å². The van der Waals surface area contributed by atoms with E-state index in [4.69, 9.17) is 9.47 Å². The molecule has 6 heteroatoms. The van der Waals surface area contributed by atoms with Gasteiger partial charge in [0.05, 0.1) is 12.8 Å². The molecule has 2 N–H and O–H groups in total. The summed E-state index contributed by atoms with van der Waals surface area (Å²) < 4.78 is 24.9. The summed E-state index contributed by atoms with van der Waals surface area (Å²) in [6, 6.07) is 9.75. The SMILES string of the molecule is COc1cc(C)ccc1Oc1ccc(F)cc1NC(=O)CC1CCCN1. The zero-order valence-corrected chi connectivity index (χ0v) is 15.0. The maximum Gasteiger partial charge on any atom is 0.226 e. The minimum absolute atomic E-state index is 0.171. The molecular formula is C20H23FN2O3. The van der Waals surface area contributed by atoms with Crippen molar-refractivity contribution in [3.63, 3.8) is 0 Å². The second-order valence-corrected chi connectivity index (χ2v) is 6.44. The van der Waals surface area contributed by atoms with Gasteiger partial charge in [-0.25, -0.2) is 4.39 Å². The van der Waals surface area contributed by atoms with Crippen LogP contribution in [0.1, 0.15) is 24.8 Å². The fourth-order valence-electron chi connectivity index (χ4n) is 3.02.